The summed E-state index contributed by atoms with van der Waals surface area (Å²) in [5, 5.41) is 3.62. The minimum Gasteiger partial charge on any atom is -0.378 e. The normalized spacial score (nSPS) is 35.3. The zero-order valence-electron chi connectivity index (χ0n) is 12.6. The van der Waals surface area contributed by atoms with Gasteiger partial charge in [-0.05, 0) is 31.7 Å². The summed E-state index contributed by atoms with van der Waals surface area (Å²) < 4.78 is 5.73. The summed E-state index contributed by atoms with van der Waals surface area (Å²) >= 11 is 0. The zero-order chi connectivity index (χ0) is 13.9. The Balaban J connectivity index is 1.73. The van der Waals surface area contributed by atoms with Crippen LogP contribution >= 0.6 is 0 Å². The number of rotatable bonds is 3. The molecule has 20 heavy (non-hydrogen) atoms. The molecule has 0 radical (unpaired) electrons. The maximum atomic E-state index is 5.73. The summed E-state index contributed by atoms with van der Waals surface area (Å²) in [5.41, 5.74) is 1.43. The molecule has 1 N–H and O–H groups in total. The molecule has 0 saturated carbocycles. The fourth-order valence-electron chi connectivity index (χ4n) is 3.51. The van der Waals surface area contributed by atoms with Gasteiger partial charge >= 0.3 is 0 Å². The summed E-state index contributed by atoms with van der Waals surface area (Å²) in [4.78, 5) is 2.66. The Morgan fingerprint density at radius 1 is 1.25 bits per heavy atom. The van der Waals surface area contributed by atoms with Crippen molar-refractivity contribution in [2.24, 2.45) is 5.92 Å². The van der Waals surface area contributed by atoms with Crippen molar-refractivity contribution in [1.82, 2.24) is 10.2 Å². The molecular formula is C17H26N2O. The fourth-order valence-corrected chi connectivity index (χ4v) is 3.51. The van der Waals surface area contributed by atoms with Crippen LogP contribution in [0.25, 0.3) is 0 Å². The fraction of sp³-hybridized carbons (Fsp3) is 0.647. The Morgan fingerprint density at radius 3 is 2.75 bits per heavy atom. The molecule has 0 aliphatic carbocycles. The molecule has 2 heterocycles. The van der Waals surface area contributed by atoms with E-state index in [1.54, 1.807) is 0 Å². The first-order valence-electron chi connectivity index (χ1n) is 7.88. The number of nitrogens with one attached hydrogen (secondary N) is 1. The van der Waals surface area contributed by atoms with Gasteiger partial charge in [0.05, 0.1) is 6.10 Å². The van der Waals surface area contributed by atoms with E-state index in [1.165, 1.54) is 12.0 Å². The highest BCUT2D eigenvalue weighted by atomic mass is 16.5. The smallest absolute Gasteiger partial charge is 0.0588 e. The van der Waals surface area contributed by atoms with E-state index in [9.17, 15) is 0 Å². The van der Waals surface area contributed by atoms with Gasteiger partial charge in [-0.25, -0.2) is 0 Å². The van der Waals surface area contributed by atoms with Crippen LogP contribution in [0.1, 0.15) is 31.9 Å². The van der Waals surface area contributed by atoms with Crippen molar-refractivity contribution in [2.75, 3.05) is 26.2 Å². The third-order valence-corrected chi connectivity index (χ3v) is 4.80. The lowest BCUT2D eigenvalue weighted by Gasteiger charge is -2.41. The molecule has 1 aromatic carbocycles. The molecule has 3 nitrogen and oxygen atoms in total. The summed E-state index contributed by atoms with van der Waals surface area (Å²) in [7, 11) is 0. The summed E-state index contributed by atoms with van der Waals surface area (Å²) in [5.74, 6) is 0.687. The van der Waals surface area contributed by atoms with E-state index < -0.39 is 0 Å². The third-order valence-electron chi connectivity index (χ3n) is 4.80. The molecule has 2 aliphatic heterocycles. The highest BCUT2D eigenvalue weighted by molar-refractivity contribution is 5.20. The Morgan fingerprint density at radius 2 is 2.05 bits per heavy atom. The van der Waals surface area contributed by atoms with Gasteiger partial charge in [-0.15, -0.1) is 0 Å². The quantitative estimate of drug-likeness (QED) is 0.916. The molecule has 0 aromatic heterocycles. The van der Waals surface area contributed by atoms with Crippen LogP contribution < -0.4 is 5.32 Å². The predicted molar refractivity (Wildman–Crippen MR) is 81.7 cm³/mol. The molecule has 0 amide bonds. The van der Waals surface area contributed by atoms with Crippen molar-refractivity contribution < 1.29 is 4.74 Å². The molecular weight excluding hydrogens is 248 g/mol. The van der Waals surface area contributed by atoms with Gasteiger partial charge in [-0.1, -0.05) is 30.3 Å². The van der Waals surface area contributed by atoms with Crippen molar-refractivity contribution in [3.63, 3.8) is 0 Å². The molecule has 3 rings (SSSR count). The Labute approximate surface area is 122 Å². The summed E-state index contributed by atoms with van der Waals surface area (Å²) in [6.07, 6.45) is 1.62. The van der Waals surface area contributed by atoms with E-state index in [1.807, 2.05) is 0 Å². The number of hydrogen-bond donors (Lipinski definition) is 1. The largest absolute Gasteiger partial charge is 0.378 e. The molecule has 110 valence electrons. The molecule has 0 spiro atoms. The molecule has 4 atom stereocenters. The standard InChI is InChI=1S/C17H26N2O/c1-13-11-19(12-16-8-9-20-14(16)2)17(10-18-13)15-6-4-3-5-7-15/h3-7,13-14,16-18H,8-12H2,1-2H3. The zero-order valence-corrected chi connectivity index (χ0v) is 12.6. The minimum absolute atomic E-state index is 0.414. The predicted octanol–water partition coefficient (Wildman–Crippen LogP) is 2.45. The third kappa shape index (κ3) is 3.05. The van der Waals surface area contributed by atoms with Crippen LogP contribution in [0.4, 0.5) is 0 Å². The monoisotopic (exact) mass is 274 g/mol. The Hall–Kier alpha value is -0.900. The number of hydrogen-bond acceptors (Lipinski definition) is 3. The van der Waals surface area contributed by atoms with Crippen molar-refractivity contribution in [2.45, 2.75) is 38.5 Å². The first kappa shape index (κ1) is 14.1. The second kappa shape index (κ2) is 6.25. The maximum Gasteiger partial charge on any atom is 0.0588 e. The van der Waals surface area contributed by atoms with E-state index in [-0.39, 0.29) is 0 Å². The maximum absolute atomic E-state index is 5.73. The summed E-state index contributed by atoms with van der Waals surface area (Å²) in [6.45, 7) is 8.77. The van der Waals surface area contributed by atoms with Crippen molar-refractivity contribution in [3.05, 3.63) is 35.9 Å². The van der Waals surface area contributed by atoms with E-state index >= 15 is 0 Å². The van der Waals surface area contributed by atoms with Crippen LogP contribution in [0.15, 0.2) is 30.3 Å². The molecule has 0 bridgehead atoms. The van der Waals surface area contributed by atoms with Crippen LogP contribution in [0.5, 0.6) is 0 Å². The van der Waals surface area contributed by atoms with Crippen LogP contribution in [-0.2, 0) is 4.74 Å². The molecule has 4 unspecified atom stereocenters. The second-order valence-corrected chi connectivity index (χ2v) is 6.31. The van der Waals surface area contributed by atoms with Gasteiger partial charge < -0.3 is 10.1 Å². The van der Waals surface area contributed by atoms with Gasteiger partial charge in [0.2, 0.25) is 0 Å². The SMILES string of the molecule is CC1CN(CC2CCOC2C)C(c2ccccc2)CN1. The van der Waals surface area contributed by atoms with Crippen molar-refractivity contribution >= 4 is 0 Å². The lowest BCUT2D eigenvalue weighted by molar-refractivity contribution is 0.0688. The van der Waals surface area contributed by atoms with Gasteiger partial charge in [0.25, 0.3) is 0 Å². The van der Waals surface area contributed by atoms with E-state index in [2.05, 4.69) is 54.4 Å². The van der Waals surface area contributed by atoms with Crippen LogP contribution in [0, 0.1) is 5.92 Å². The number of benzene rings is 1. The average Bonchev–Trinajstić information content (AvgIpc) is 2.85. The first-order chi connectivity index (χ1) is 9.74. The summed E-state index contributed by atoms with van der Waals surface area (Å²) in [6, 6.07) is 12.0. The molecule has 2 fully saturated rings. The molecule has 2 aliphatic rings. The van der Waals surface area contributed by atoms with Crippen LogP contribution in [0.2, 0.25) is 0 Å². The van der Waals surface area contributed by atoms with Crippen LogP contribution in [0.3, 0.4) is 0 Å². The Kier molecular flexibility index (Phi) is 4.39. The minimum atomic E-state index is 0.414. The van der Waals surface area contributed by atoms with Gasteiger partial charge in [0.15, 0.2) is 0 Å². The van der Waals surface area contributed by atoms with Gasteiger partial charge in [-0.2, -0.15) is 0 Å². The van der Waals surface area contributed by atoms with Crippen LogP contribution in [-0.4, -0.2) is 43.3 Å². The van der Waals surface area contributed by atoms with Gasteiger partial charge in [-0.3, -0.25) is 4.90 Å². The van der Waals surface area contributed by atoms with Gasteiger partial charge in [0, 0.05) is 38.3 Å². The number of piperazine rings is 1. The van der Waals surface area contributed by atoms with E-state index in [4.69, 9.17) is 4.74 Å². The average molecular weight is 274 g/mol. The van der Waals surface area contributed by atoms with Crippen molar-refractivity contribution in [1.29, 1.82) is 0 Å². The lowest BCUT2D eigenvalue weighted by atomic mass is 9.96. The van der Waals surface area contributed by atoms with Crippen molar-refractivity contribution in [3.8, 4) is 0 Å². The number of nitrogens with zero attached hydrogens (tertiary/aromatic N) is 1. The lowest BCUT2D eigenvalue weighted by Crippen LogP contribution is -2.52. The Bertz CT molecular complexity index is 422. The first-order valence-corrected chi connectivity index (χ1v) is 7.88. The highest BCUT2D eigenvalue weighted by Gasteiger charge is 2.32. The van der Waals surface area contributed by atoms with E-state index in [0.29, 0.717) is 24.1 Å². The molecule has 2 saturated heterocycles. The van der Waals surface area contributed by atoms with E-state index in [0.717, 1.165) is 26.2 Å². The second-order valence-electron chi connectivity index (χ2n) is 6.31. The molecule has 1 aromatic rings. The highest BCUT2D eigenvalue weighted by Crippen LogP contribution is 2.28. The topological polar surface area (TPSA) is 24.5 Å². The molecule has 3 heteroatoms. The number of ether oxygens (including phenoxy) is 1. The van der Waals surface area contributed by atoms with Gasteiger partial charge in [0.1, 0.15) is 0 Å².